The molecule has 2 aliphatic carbocycles. The van der Waals surface area contributed by atoms with Gasteiger partial charge in [-0.1, -0.05) is 12.2 Å². The van der Waals surface area contributed by atoms with E-state index >= 15 is 0 Å². The first-order chi connectivity index (χ1) is 7.88. The lowest BCUT2D eigenvalue weighted by Gasteiger charge is -2.49. The first kappa shape index (κ1) is 12.5. The van der Waals surface area contributed by atoms with Crippen LogP contribution in [0.4, 0.5) is 0 Å². The van der Waals surface area contributed by atoms with Crippen LogP contribution < -0.4 is 11.5 Å². The van der Waals surface area contributed by atoms with E-state index < -0.39 is 0 Å². The smallest absolute Gasteiger partial charge is 0.110 e. The van der Waals surface area contributed by atoms with Gasteiger partial charge in [-0.15, -0.1) is 0 Å². The molecule has 0 fully saturated rings. The summed E-state index contributed by atoms with van der Waals surface area (Å²) in [6.45, 7) is 4.06. The van der Waals surface area contributed by atoms with Crippen LogP contribution in [0, 0.1) is 11.8 Å². The lowest BCUT2D eigenvalue weighted by Crippen LogP contribution is -2.54. The largest absolute Gasteiger partial charge is 0.400 e. The minimum absolute atomic E-state index is 0.327. The highest BCUT2D eigenvalue weighted by Gasteiger charge is 2.50. The summed E-state index contributed by atoms with van der Waals surface area (Å²) >= 11 is 0. The fourth-order valence-electron chi connectivity index (χ4n) is 2.72. The van der Waals surface area contributed by atoms with E-state index in [0.717, 1.165) is 17.8 Å². The lowest BCUT2D eigenvalue weighted by atomic mass is 9.64. The van der Waals surface area contributed by atoms with Crippen molar-refractivity contribution < 1.29 is 9.47 Å². The predicted octanol–water partition coefficient (Wildman–Crippen LogP) is 1.13. The Balaban J connectivity index is 2.06. The normalized spacial score (nSPS) is 44.5. The standard InChI is InChI=1S/C13H22N2O2/c1-12(16-3)8(6-10(12)14)5-9-7-11(15)13(9,2)17-4/h6-9H,5,14-15H2,1-4H3. The molecule has 4 unspecified atom stereocenters. The summed E-state index contributed by atoms with van der Waals surface area (Å²) in [6, 6.07) is 0. The Kier molecular flexibility index (Phi) is 2.75. The van der Waals surface area contributed by atoms with Crippen molar-refractivity contribution in [1.82, 2.24) is 0 Å². The molecule has 0 aromatic heterocycles. The van der Waals surface area contributed by atoms with Gasteiger partial charge in [-0.25, -0.2) is 0 Å². The maximum absolute atomic E-state index is 5.89. The van der Waals surface area contributed by atoms with Crippen molar-refractivity contribution in [2.24, 2.45) is 23.3 Å². The molecule has 4 heteroatoms. The van der Waals surface area contributed by atoms with Gasteiger partial charge >= 0.3 is 0 Å². The highest BCUT2D eigenvalue weighted by atomic mass is 16.5. The Bertz CT molecular complexity index is 355. The first-order valence-corrected chi connectivity index (χ1v) is 5.94. The molecule has 4 atom stereocenters. The molecule has 0 radical (unpaired) electrons. The third-order valence-electron chi connectivity index (χ3n) is 4.68. The zero-order valence-electron chi connectivity index (χ0n) is 11.0. The number of methoxy groups -OCH3 is 2. The van der Waals surface area contributed by atoms with E-state index in [1.165, 1.54) is 0 Å². The fraction of sp³-hybridized carbons (Fsp3) is 0.692. The zero-order valence-corrected chi connectivity index (χ0v) is 11.0. The zero-order chi connectivity index (χ0) is 12.8. The van der Waals surface area contributed by atoms with E-state index in [1.807, 2.05) is 13.8 Å². The third kappa shape index (κ3) is 1.51. The highest BCUT2D eigenvalue weighted by molar-refractivity contribution is 5.34. The molecule has 0 saturated heterocycles. The summed E-state index contributed by atoms with van der Waals surface area (Å²) < 4.78 is 11.0. The number of hydrogen-bond acceptors (Lipinski definition) is 4. The van der Waals surface area contributed by atoms with E-state index in [-0.39, 0.29) is 11.2 Å². The topological polar surface area (TPSA) is 70.5 Å². The van der Waals surface area contributed by atoms with Crippen molar-refractivity contribution in [1.29, 1.82) is 0 Å². The number of hydrogen-bond donors (Lipinski definition) is 2. The third-order valence-corrected chi connectivity index (χ3v) is 4.68. The van der Waals surface area contributed by atoms with Crippen molar-refractivity contribution in [3.63, 3.8) is 0 Å². The second-order valence-corrected chi connectivity index (χ2v) is 5.32. The quantitative estimate of drug-likeness (QED) is 0.770. The summed E-state index contributed by atoms with van der Waals surface area (Å²) in [4.78, 5) is 0. The first-order valence-electron chi connectivity index (χ1n) is 5.94. The molecule has 0 saturated carbocycles. The molecule has 0 spiro atoms. The predicted molar refractivity (Wildman–Crippen MR) is 67.0 cm³/mol. The van der Waals surface area contributed by atoms with Crippen LogP contribution >= 0.6 is 0 Å². The van der Waals surface area contributed by atoms with Crippen LogP contribution in [0.25, 0.3) is 0 Å². The summed E-state index contributed by atoms with van der Waals surface area (Å²) in [5.41, 5.74) is 12.8. The number of rotatable bonds is 4. The second kappa shape index (κ2) is 3.75. The summed E-state index contributed by atoms with van der Waals surface area (Å²) in [5, 5.41) is 0. The van der Waals surface area contributed by atoms with Crippen LogP contribution in [0.15, 0.2) is 23.5 Å². The molecule has 0 amide bonds. The Labute approximate surface area is 103 Å². The van der Waals surface area contributed by atoms with Gasteiger partial charge in [0.05, 0.1) is 0 Å². The van der Waals surface area contributed by atoms with E-state index in [4.69, 9.17) is 20.9 Å². The van der Waals surface area contributed by atoms with Crippen LogP contribution in [0.2, 0.25) is 0 Å². The molecule has 2 rings (SSSR count). The van der Waals surface area contributed by atoms with Gasteiger partial charge < -0.3 is 20.9 Å². The average Bonchev–Trinajstić information content (AvgIpc) is 2.35. The van der Waals surface area contributed by atoms with E-state index in [2.05, 4.69) is 12.2 Å². The van der Waals surface area contributed by atoms with E-state index in [1.54, 1.807) is 14.2 Å². The molecular weight excluding hydrogens is 216 g/mol. The maximum atomic E-state index is 5.89. The van der Waals surface area contributed by atoms with Crippen molar-refractivity contribution in [3.8, 4) is 0 Å². The molecular formula is C13H22N2O2. The van der Waals surface area contributed by atoms with Gasteiger partial charge in [0.1, 0.15) is 11.2 Å². The van der Waals surface area contributed by atoms with Crippen LogP contribution in [-0.4, -0.2) is 25.4 Å². The summed E-state index contributed by atoms with van der Waals surface area (Å²) in [6.07, 6.45) is 5.10. The summed E-state index contributed by atoms with van der Waals surface area (Å²) in [5.74, 6) is 0.660. The van der Waals surface area contributed by atoms with Gasteiger partial charge in [-0.2, -0.15) is 0 Å². The highest BCUT2D eigenvalue weighted by Crippen LogP contribution is 2.48. The molecule has 4 nitrogen and oxygen atoms in total. The number of nitrogens with two attached hydrogens (primary N) is 2. The molecule has 0 aliphatic heterocycles. The molecule has 4 N–H and O–H groups in total. The molecule has 17 heavy (non-hydrogen) atoms. The van der Waals surface area contributed by atoms with Crippen molar-refractivity contribution in [3.05, 3.63) is 23.5 Å². The van der Waals surface area contributed by atoms with Gasteiger partial charge in [-0.3, -0.25) is 0 Å². The molecule has 2 aliphatic rings. The summed E-state index contributed by atoms with van der Waals surface area (Å²) in [7, 11) is 3.40. The van der Waals surface area contributed by atoms with Gasteiger partial charge in [0.25, 0.3) is 0 Å². The van der Waals surface area contributed by atoms with Crippen molar-refractivity contribution in [2.45, 2.75) is 31.5 Å². The van der Waals surface area contributed by atoms with Gasteiger partial charge in [-0.05, 0) is 20.3 Å². The SMILES string of the molecule is COC1(C)C(N)=CC1CC1C=C(N)C1(C)OC. The number of ether oxygens (including phenoxy) is 2. The van der Waals surface area contributed by atoms with Gasteiger partial charge in [0.2, 0.25) is 0 Å². The molecule has 0 aromatic carbocycles. The van der Waals surface area contributed by atoms with Crippen LogP contribution in [0.3, 0.4) is 0 Å². The van der Waals surface area contributed by atoms with Crippen molar-refractivity contribution >= 4 is 0 Å². The molecule has 0 bridgehead atoms. The Morgan fingerprint density at radius 2 is 1.35 bits per heavy atom. The molecule has 0 aromatic rings. The van der Waals surface area contributed by atoms with Crippen molar-refractivity contribution in [2.75, 3.05) is 14.2 Å². The minimum Gasteiger partial charge on any atom is -0.400 e. The van der Waals surface area contributed by atoms with E-state index in [0.29, 0.717) is 11.8 Å². The minimum atomic E-state index is -0.327. The van der Waals surface area contributed by atoms with Gasteiger partial charge in [0, 0.05) is 37.4 Å². The molecule has 96 valence electrons. The Morgan fingerprint density at radius 1 is 1.00 bits per heavy atom. The Morgan fingerprint density at radius 3 is 1.59 bits per heavy atom. The average molecular weight is 238 g/mol. The van der Waals surface area contributed by atoms with Crippen LogP contribution in [-0.2, 0) is 9.47 Å². The van der Waals surface area contributed by atoms with Crippen LogP contribution in [0.1, 0.15) is 20.3 Å². The Hall–Kier alpha value is -1.00. The van der Waals surface area contributed by atoms with Crippen LogP contribution in [0.5, 0.6) is 0 Å². The lowest BCUT2D eigenvalue weighted by molar-refractivity contribution is -0.0585. The maximum Gasteiger partial charge on any atom is 0.110 e. The fourth-order valence-corrected chi connectivity index (χ4v) is 2.72. The van der Waals surface area contributed by atoms with E-state index in [9.17, 15) is 0 Å². The molecule has 0 heterocycles. The monoisotopic (exact) mass is 238 g/mol. The second-order valence-electron chi connectivity index (χ2n) is 5.32. The van der Waals surface area contributed by atoms with Gasteiger partial charge in [0.15, 0.2) is 0 Å².